The summed E-state index contributed by atoms with van der Waals surface area (Å²) >= 11 is 0. The van der Waals surface area contributed by atoms with E-state index >= 15 is 0 Å². The molecular formula is C18H38IN5O. The maximum atomic E-state index is 5.50. The minimum absolute atomic E-state index is 0. The van der Waals surface area contributed by atoms with E-state index in [0.29, 0.717) is 12.0 Å². The fourth-order valence-electron chi connectivity index (χ4n) is 3.53. The van der Waals surface area contributed by atoms with Gasteiger partial charge < -0.3 is 19.9 Å². The van der Waals surface area contributed by atoms with Gasteiger partial charge in [0.2, 0.25) is 0 Å². The van der Waals surface area contributed by atoms with Crippen LogP contribution in [0.1, 0.15) is 27.2 Å². The molecule has 1 N–H and O–H groups in total. The average Bonchev–Trinajstić information content (AvgIpc) is 3.11. The summed E-state index contributed by atoms with van der Waals surface area (Å²) < 4.78 is 5.50. The number of hydrogen-bond acceptors (Lipinski definition) is 4. The Bertz CT molecular complexity index is 382. The highest BCUT2D eigenvalue weighted by Crippen LogP contribution is 2.13. The van der Waals surface area contributed by atoms with Crippen LogP contribution in [0.3, 0.4) is 0 Å². The molecule has 0 amide bonds. The first kappa shape index (κ1) is 22.9. The molecule has 0 saturated carbocycles. The molecule has 7 heteroatoms. The van der Waals surface area contributed by atoms with Crippen molar-refractivity contribution in [1.29, 1.82) is 0 Å². The van der Waals surface area contributed by atoms with E-state index in [1.807, 2.05) is 0 Å². The first-order valence-electron chi connectivity index (χ1n) is 9.67. The van der Waals surface area contributed by atoms with Gasteiger partial charge in [-0.2, -0.15) is 0 Å². The van der Waals surface area contributed by atoms with Gasteiger partial charge in [0.25, 0.3) is 0 Å². The minimum atomic E-state index is 0. The normalized spacial score (nSPS) is 24.0. The van der Waals surface area contributed by atoms with Gasteiger partial charge in [-0.25, -0.2) is 0 Å². The van der Waals surface area contributed by atoms with Gasteiger partial charge in [-0.15, -0.1) is 24.0 Å². The molecule has 2 fully saturated rings. The number of guanidine groups is 1. The molecule has 0 aliphatic carbocycles. The predicted molar refractivity (Wildman–Crippen MR) is 116 cm³/mol. The van der Waals surface area contributed by atoms with Crippen molar-refractivity contribution in [2.75, 3.05) is 72.6 Å². The number of nitrogens with zero attached hydrogens (tertiary/aromatic N) is 4. The van der Waals surface area contributed by atoms with Gasteiger partial charge in [0.15, 0.2) is 5.96 Å². The Hall–Kier alpha value is -0.120. The van der Waals surface area contributed by atoms with E-state index in [9.17, 15) is 0 Å². The predicted octanol–water partition coefficient (Wildman–Crippen LogP) is 1.56. The van der Waals surface area contributed by atoms with E-state index in [1.165, 1.54) is 26.1 Å². The van der Waals surface area contributed by atoms with Crippen molar-refractivity contribution in [3.05, 3.63) is 0 Å². The lowest BCUT2D eigenvalue weighted by Gasteiger charge is -2.37. The Morgan fingerprint density at radius 2 is 2.00 bits per heavy atom. The minimum Gasteiger partial charge on any atom is -0.381 e. The summed E-state index contributed by atoms with van der Waals surface area (Å²) in [6.45, 7) is 17.1. The highest BCUT2D eigenvalue weighted by atomic mass is 127. The van der Waals surface area contributed by atoms with Crippen LogP contribution in [0.4, 0.5) is 0 Å². The summed E-state index contributed by atoms with van der Waals surface area (Å²) in [6, 6.07) is 0.501. The summed E-state index contributed by atoms with van der Waals surface area (Å²) in [7, 11) is 2.14. The van der Waals surface area contributed by atoms with Crippen molar-refractivity contribution in [1.82, 2.24) is 20.0 Å². The van der Waals surface area contributed by atoms with E-state index in [4.69, 9.17) is 9.73 Å². The maximum absolute atomic E-state index is 5.50. The molecule has 0 aromatic carbocycles. The smallest absolute Gasteiger partial charge is 0.193 e. The van der Waals surface area contributed by atoms with Crippen LogP contribution >= 0.6 is 24.0 Å². The molecule has 0 spiro atoms. The number of ether oxygens (including phenoxy) is 1. The Morgan fingerprint density at radius 1 is 1.28 bits per heavy atom. The number of hydrogen-bond donors (Lipinski definition) is 1. The second-order valence-electron chi connectivity index (χ2n) is 7.12. The van der Waals surface area contributed by atoms with E-state index in [1.54, 1.807) is 0 Å². The Balaban J connectivity index is 0.00000312. The molecule has 2 saturated heterocycles. The van der Waals surface area contributed by atoms with Crippen LogP contribution in [-0.2, 0) is 4.74 Å². The molecule has 2 atom stereocenters. The highest BCUT2D eigenvalue weighted by molar-refractivity contribution is 14.0. The summed E-state index contributed by atoms with van der Waals surface area (Å²) in [6.07, 6.45) is 1.17. The molecule has 25 heavy (non-hydrogen) atoms. The van der Waals surface area contributed by atoms with Gasteiger partial charge in [0.05, 0.1) is 13.2 Å². The Kier molecular flexibility index (Phi) is 11.3. The SMILES string of the molecule is CCNC(=NCC(C)N1CCN(CC)CC1)N(C)CC1CCOC1.I. The zero-order chi connectivity index (χ0) is 17.4. The maximum Gasteiger partial charge on any atom is 0.193 e. The standard InChI is InChI=1S/C18H37N5O.HI/c1-5-19-18(21(4)14-17-7-12-24-15-17)20-13-16(3)23-10-8-22(6-2)9-11-23;/h16-17H,5-15H2,1-4H3,(H,19,20);1H. The number of aliphatic imine (C=N–C) groups is 1. The first-order valence-corrected chi connectivity index (χ1v) is 9.67. The number of halogens is 1. The molecule has 0 radical (unpaired) electrons. The third-order valence-electron chi connectivity index (χ3n) is 5.24. The van der Waals surface area contributed by atoms with E-state index in [0.717, 1.165) is 51.9 Å². The summed E-state index contributed by atoms with van der Waals surface area (Å²) in [5.41, 5.74) is 0. The zero-order valence-corrected chi connectivity index (χ0v) is 18.9. The van der Waals surface area contributed by atoms with Crippen LogP contribution in [0.5, 0.6) is 0 Å². The molecule has 0 bridgehead atoms. The van der Waals surface area contributed by atoms with Crippen molar-refractivity contribution in [3.8, 4) is 0 Å². The second-order valence-corrected chi connectivity index (χ2v) is 7.12. The number of nitrogens with one attached hydrogen (secondary N) is 1. The molecule has 2 rings (SSSR count). The van der Waals surface area contributed by atoms with Gasteiger partial charge in [-0.1, -0.05) is 6.92 Å². The van der Waals surface area contributed by atoms with Crippen molar-refractivity contribution in [2.24, 2.45) is 10.9 Å². The fraction of sp³-hybridized carbons (Fsp3) is 0.944. The molecule has 2 heterocycles. The molecule has 0 aromatic rings. The number of piperazine rings is 1. The molecule has 2 unspecified atom stereocenters. The molecular weight excluding hydrogens is 429 g/mol. The third-order valence-corrected chi connectivity index (χ3v) is 5.24. The second kappa shape index (κ2) is 12.3. The van der Waals surface area contributed by atoms with Gasteiger partial charge >= 0.3 is 0 Å². The third kappa shape index (κ3) is 7.56. The number of likely N-dealkylation sites (N-methyl/N-ethyl adjacent to an activating group) is 1. The topological polar surface area (TPSA) is 43.3 Å². The van der Waals surface area contributed by atoms with E-state index in [2.05, 4.69) is 47.8 Å². The fourth-order valence-corrected chi connectivity index (χ4v) is 3.53. The largest absolute Gasteiger partial charge is 0.381 e. The van der Waals surface area contributed by atoms with Crippen LogP contribution < -0.4 is 5.32 Å². The van der Waals surface area contributed by atoms with Crippen molar-refractivity contribution in [2.45, 2.75) is 33.2 Å². The molecule has 2 aliphatic rings. The summed E-state index contributed by atoms with van der Waals surface area (Å²) in [5, 5.41) is 3.44. The molecule has 6 nitrogen and oxygen atoms in total. The van der Waals surface area contributed by atoms with Crippen LogP contribution in [0.25, 0.3) is 0 Å². The van der Waals surface area contributed by atoms with E-state index in [-0.39, 0.29) is 24.0 Å². The van der Waals surface area contributed by atoms with Crippen molar-refractivity contribution >= 4 is 29.9 Å². The Morgan fingerprint density at radius 3 is 2.56 bits per heavy atom. The van der Waals surface area contributed by atoms with Crippen LogP contribution in [0, 0.1) is 5.92 Å². The van der Waals surface area contributed by atoms with Crippen LogP contribution in [-0.4, -0.2) is 99.3 Å². The quantitative estimate of drug-likeness (QED) is 0.350. The summed E-state index contributed by atoms with van der Waals surface area (Å²) in [5.74, 6) is 1.67. The van der Waals surface area contributed by atoms with Gasteiger partial charge in [0.1, 0.15) is 0 Å². The van der Waals surface area contributed by atoms with Gasteiger partial charge in [0, 0.05) is 64.9 Å². The first-order chi connectivity index (χ1) is 11.6. The van der Waals surface area contributed by atoms with Crippen molar-refractivity contribution in [3.63, 3.8) is 0 Å². The van der Waals surface area contributed by atoms with Crippen molar-refractivity contribution < 1.29 is 4.74 Å². The van der Waals surface area contributed by atoms with Gasteiger partial charge in [-0.05, 0) is 26.8 Å². The monoisotopic (exact) mass is 467 g/mol. The van der Waals surface area contributed by atoms with E-state index < -0.39 is 0 Å². The lowest BCUT2D eigenvalue weighted by Crippen LogP contribution is -2.50. The Labute approximate surface area is 171 Å². The molecule has 148 valence electrons. The van der Waals surface area contributed by atoms with Gasteiger partial charge in [-0.3, -0.25) is 9.89 Å². The average molecular weight is 467 g/mol. The zero-order valence-electron chi connectivity index (χ0n) is 16.5. The number of rotatable bonds is 7. The summed E-state index contributed by atoms with van der Waals surface area (Å²) in [4.78, 5) is 12.3. The highest BCUT2D eigenvalue weighted by Gasteiger charge is 2.21. The van der Waals surface area contributed by atoms with Crippen LogP contribution in [0.15, 0.2) is 4.99 Å². The molecule has 0 aromatic heterocycles. The van der Waals surface area contributed by atoms with Crippen LogP contribution in [0.2, 0.25) is 0 Å². The lowest BCUT2D eigenvalue weighted by molar-refractivity contribution is 0.109. The molecule has 2 aliphatic heterocycles. The lowest BCUT2D eigenvalue weighted by atomic mass is 10.1.